The summed E-state index contributed by atoms with van der Waals surface area (Å²) >= 11 is 0. The number of carbonyl (C=O) groups excluding carboxylic acids is 2. The molecule has 5 nitrogen and oxygen atoms in total. The molecular weight excluding hydrogens is 196 g/mol. The van der Waals surface area contributed by atoms with Crippen LogP contribution in [0, 0.1) is 0 Å². The normalized spacial score (nSPS) is 14.7. The van der Waals surface area contributed by atoms with E-state index < -0.39 is 0 Å². The van der Waals surface area contributed by atoms with E-state index >= 15 is 0 Å². The molecule has 0 radical (unpaired) electrons. The third kappa shape index (κ3) is 6.06. The van der Waals surface area contributed by atoms with Crippen molar-refractivity contribution in [3.8, 4) is 0 Å². The Kier molecular flexibility index (Phi) is 5.10. The van der Waals surface area contributed by atoms with Gasteiger partial charge in [-0.05, 0) is 19.3 Å². The van der Waals surface area contributed by atoms with E-state index in [2.05, 4.69) is 15.4 Å². The molecule has 86 valence electrons. The average molecular weight is 214 g/mol. The van der Waals surface area contributed by atoms with E-state index in [0.29, 0.717) is 25.4 Å². The molecule has 1 aliphatic rings. The van der Waals surface area contributed by atoms with Crippen molar-refractivity contribution in [2.45, 2.75) is 31.7 Å². The largest absolute Gasteiger partial charge is 0.375 e. The number of hydrogen-bond donors (Lipinski definition) is 2. The first kappa shape index (κ1) is 12.0. The molecular formula is C10H18N2O3. The number of amides is 2. The van der Waals surface area contributed by atoms with E-state index in [9.17, 15) is 9.59 Å². The Balaban J connectivity index is 1.91. The lowest BCUT2D eigenvalue weighted by molar-refractivity contribution is -0.125. The summed E-state index contributed by atoms with van der Waals surface area (Å²) in [5.41, 5.74) is 0. The first-order valence-corrected chi connectivity index (χ1v) is 5.27. The van der Waals surface area contributed by atoms with Crippen LogP contribution in [0.25, 0.3) is 0 Å². The standard InChI is InChI=1S/C10H18N2O3/c1-15-7-10(14)11-6-2-3-9(13)12-8-4-5-8/h8H,2-7H2,1H3,(H,11,14)(H,12,13). The Hall–Kier alpha value is -1.10. The minimum Gasteiger partial charge on any atom is -0.375 e. The summed E-state index contributed by atoms with van der Waals surface area (Å²) in [6.07, 6.45) is 3.37. The molecule has 5 heteroatoms. The van der Waals surface area contributed by atoms with Gasteiger partial charge in [-0.15, -0.1) is 0 Å². The Morgan fingerprint density at radius 1 is 1.33 bits per heavy atom. The first-order chi connectivity index (χ1) is 7.22. The molecule has 0 saturated heterocycles. The number of carbonyl (C=O) groups is 2. The van der Waals surface area contributed by atoms with Crippen LogP contribution in [0.4, 0.5) is 0 Å². The molecule has 1 rings (SSSR count). The molecule has 2 amide bonds. The predicted octanol–water partition coefficient (Wildman–Crippen LogP) is -0.192. The predicted molar refractivity (Wildman–Crippen MR) is 55.3 cm³/mol. The second-order valence-corrected chi connectivity index (χ2v) is 3.73. The fourth-order valence-corrected chi connectivity index (χ4v) is 1.19. The Morgan fingerprint density at radius 3 is 2.67 bits per heavy atom. The van der Waals surface area contributed by atoms with Gasteiger partial charge in [-0.25, -0.2) is 0 Å². The van der Waals surface area contributed by atoms with Gasteiger partial charge in [0.25, 0.3) is 0 Å². The van der Waals surface area contributed by atoms with Gasteiger partial charge < -0.3 is 15.4 Å². The number of methoxy groups -OCH3 is 1. The van der Waals surface area contributed by atoms with Crippen LogP contribution in [0.2, 0.25) is 0 Å². The zero-order chi connectivity index (χ0) is 11.1. The molecule has 0 heterocycles. The molecule has 2 N–H and O–H groups in total. The number of ether oxygens (including phenoxy) is 1. The van der Waals surface area contributed by atoms with Gasteiger partial charge >= 0.3 is 0 Å². The fourth-order valence-electron chi connectivity index (χ4n) is 1.19. The highest BCUT2D eigenvalue weighted by Crippen LogP contribution is 2.18. The molecule has 0 aliphatic heterocycles. The fraction of sp³-hybridized carbons (Fsp3) is 0.800. The molecule has 1 aliphatic carbocycles. The van der Waals surface area contributed by atoms with Crippen molar-refractivity contribution in [2.24, 2.45) is 0 Å². The lowest BCUT2D eigenvalue weighted by Gasteiger charge is -2.04. The van der Waals surface area contributed by atoms with Gasteiger partial charge in [0.15, 0.2) is 0 Å². The Bertz CT molecular complexity index is 227. The second kappa shape index (κ2) is 6.40. The van der Waals surface area contributed by atoms with E-state index in [0.717, 1.165) is 12.8 Å². The van der Waals surface area contributed by atoms with Crippen molar-refractivity contribution in [1.29, 1.82) is 0 Å². The van der Waals surface area contributed by atoms with Crippen molar-refractivity contribution < 1.29 is 14.3 Å². The van der Waals surface area contributed by atoms with Gasteiger partial charge in [-0.2, -0.15) is 0 Å². The molecule has 1 saturated carbocycles. The average Bonchev–Trinajstić information content (AvgIpc) is 2.97. The van der Waals surface area contributed by atoms with Gasteiger partial charge in [-0.1, -0.05) is 0 Å². The maximum absolute atomic E-state index is 11.2. The van der Waals surface area contributed by atoms with Gasteiger partial charge in [0.2, 0.25) is 11.8 Å². The van der Waals surface area contributed by atoms with Crippen molar-refractivity contribution in [1.82, 2.24) is 10.6 Å². The van der Waals surface area contributed by atoms with E-state index in [-0.39, 0.29) is 18.4 Å². The van der Waals surface area contributed by atoms with E-state index in [4.69, 9.17) is 0 Å². The zero-order valence-corrected chi connectivity index (χ0v) is 9.04. The van der Waals surface area contributed by atoms with E-state index in [1.807, 2.05) is 0 Å². The molecule has 0 spiro atoms. The molecule has 0 atom stereocenters. The maximum Gasteiger partial charge on any atom is 0.245 e. The SMILES string of the molecule is COCC(=O)NCCCC(=O)NC1CC1. The highest BCUT2D eigenvalue weighted by atomic mass is 16.5. The number of rotatable bonds is 7. The number of hydrogen-bond acceptors (Lipinski definition) is 3. The summed E-state index contributed by atoms with van der Waals surface area (Å²) in [6, 6.07) is 0.417. The van der Waals surface area contributed by atoms with E-state index in [1.54, 1.807) is 0 Å². The minimum atomic E-state index is -0.139. The van der Waals surface area contributed by atoms with Crippen LogP contribution in [-0.4, -0.2) is 38.1 Å². The molecule has 0 aromatic carbocycles. The van der Waals surface area contributed by atoms with Crippen LogP contribution < -0.4 is 10.6 Å². The van der Waals surface area contributed by atoms with Gasteiger partial charge in [0, 0.05) is 26.1 Å². The molecule has 0 unspecified atom stereocenters. The summed E-state index contributed by atoms with van der Waals surface area (Å²) in [5, 5.41) is 5.55. The number of nitrogens with one attached hydrogen (secondary N) is 2. The molecule has 15 heavy (non-hydrogen) atoms. The highest BCUT2D eigenvalue weighted by molar-refractivity contribution is 5.78. The summed E-state index contributed by atoms with van der Waals surface area (Å²) in [7, 11) is 1.47. The lowest BCUT2D eigenvalue weighted by Crippen LogP contribution is -2.30. The second-order valence-electron chi connectivity index (χ2n) is 3.73. The van der Waals surface area contributed by atoms with Crippen LogP contribution in [0.5, 0.6) is 0 Å². The summed E-state index contributed by atoms with van der Waals surface area (Å²) in [4.78, 5) is 22.2. The minimum absolute atomic E-state index is 0.0776. The van der Waals surface area contributed by atoms with Crippen LogP contribution in [-0.2, 0) is 14.3 Å². The highest BCUT2D eigenvalue weighted by Gasteiger charge is 2.22. The van der Waals surface area contributed by atoms with Crippen LogP contribution in [0.3, 0.4) is 0 Å². The van der Waals surface area contributed by atoms with Gasteiger partial charge in [0.05, 0.1) is 0 Å². The summed E-state index contributed by atoms with van der Waals surface area (Å²) < 4.78 is 4.65. The van der Waals surface area contributed by atoms with Crippen molar-refractivity contribution in [3.63, 3.8) is 0 Å². The van der Waals surface area contributed by atoms with Crippen LogP contribution >= 0.6 is 0 Å². The van der Waals surface area contributed by atoms with E-state index in [1.165, 1.54) is 7.11 Å². The Morgan fingerprint density at radius 2 is 2.07 bits per heavy atom. The molecule has 0 bridgehead atoms. The first-order valence-electron chi connectivity index (χ1n) is 5.27. The van der Waals surface area contributed by atoms with Gasteiger partial charge in [-0.3, -0.25) is 9.59 Å². The smallest absolute Gasteiger partial charge is 0.245 e. The summed E-state index contributed by atoms with van der Waals surface area (Å²) in [6.45, 7) is 0.606. The topological polar surface area (TPSA) is 67.4 Å². The third-order valence-corrected chi connectivity index (χ3v) is 2.12. The molecule has 0 aromatic heterocycles. The molecule has 0 aromatic rings. The van der Waals surface area contributed by atoms with Crippen LogP contribution in [0.15, 0.2) is 0 Å². The lowest BCUT2D eigenvalue weighted by atomic mass is 10.3. The monoisotopic (exact) mass is 214 g/mol. The van der Waals surface area contributed by atoms with Crippen molar-refractivity contribution in [2.75, 3.05) is 20.3 Å². The molecule has 1 fully saturated rings. The van der Waals surface area contributed by atoms with Crippen molar-refractivity contribution in [3.05, 3.63) is 0 Å². The van der Waals surface area contributed by atoms with Crippen molar-refractivity contribution >= 4 is 11.8 Å². The maximum atomic E-state index is 11.2. The summed E-state index contributed by atoms with van der Waals surface area (Å²) in [5.74, 6) is -0.0569. The van der Waals surface area contributed by atoms with Gasteiger partial charge in [0.1, 0.15) is 6.61 Å². The third-order valence-electron chi connectivity index (χ3n) is 2.12. The zero-order valence-electron chi connectivity index (χ0n) is 9.04. The quantitative estimate of drug-likeness (QED) is 0.577. The van der Waals surface area contributed by atoms with Crippen LogP contribution in [0.1, 0.15) is 25.7 Å². The Labute approximate surface area is 89.6 Å².